The maximum Gasteiger partial charge on any atom is 0.339 e. The van der Waals surface area contributed by atoms with Crippen LogP contribution in [0.4, 0.5) is 10.1 Å². The number of hydrogen-bond donors (Lipinski definition) is 1. The minimum absolute atomic E-state index is 0.0481. The number of methoxy groups -OCH3 is 1. The third kappa shape index (κ3) is 4.44. The van der Waals surface area contributed by atoms with E-state index in [9.17, 15) is 22.4 Å². The lowest BCUT2D eigenvalue weighted by Crippen LogP contribution is -2.24. The third-order valence-electron chi connectivity index (χ3n) is 3.58. The molecule has 10 heteroatoms. The molecule has 2 aromatic rings. The van der Waals surface area contributed by atoms with Gasteiger partial charge in [-0.1, -0.05) is 11.6 Å². The molecule has 0 aliphatic heterocycles. The number of nitrogens with one attached hydrogen (secondary N) is 1. The average Bonchev–Trinajstić information content (AvgIpc) is 2.62. The normalized spacial score (nSPS) is 11.3. The zero-order valence-corrected chi connectivity index (χ0v) is 16.2. The van der Waals surface area contributed by atoms with Crippen molar-refractivity contribution >= 4 is 39.2 Å². The van der Waals surface area contributed by atoms with Crippen molar-refractivity contribution < 1.29 is 27.1 Å². The van der Waals surface area contributed by atoms with Crippen molar-refractivity contribution in [1.82, 2.24) is 4.31 Å². The van der Waals surface area contributed by atoms with Gasteiger partial charge in [0, 0.05) is 25.3 Å². The molecule has 0 atom stereocenters. The van der Waals surface area contributed by atoms with E-state index >= 15 is 0 Å². The van der Waals surface area contributed by atoms with Gasteiger partial charge in [0.05, 0.1) is 17.7 Å². The van der Waals surface area contributed by atoms with Gasteiger partial charge in [-0.05, 0) is 36.4 Å². The van der Waals surface area contributed by atoms with Gasteiger partial charge in [0.2, 0.25) is 10.0 Å². The van der Waals surface area contributed by atoms with Crippen molar-refractivity contribution in [2.75, 3.05) is 26.5 Å². The lowest BCUT2D eigenvalue weighted by atomic mass is 10.1. The monoisotopic (exact) mass is 414 g/mol. The Bertz CT molecular complexity index is 1010. The van der Waals surface area contributed by atoms with Crippen LogP contribution in [-0.2, 0) is 14.8 Å². The van der Waals surface area contributed by atoms with Gasteiger partial charge in [0.25, 0.3) is 5.91 Å². The fraction of sp³-hybridized carbons (Fsp3) is 0.176. The second-order valence-corrected chi connectivity index (χ2v) is 8.10. The lowest BCUT2D eigenvalue weighted by Gasteiger charge is -2.13. The van der Waals surface area contributed by atoms with E-state index in [1.165, 1.54) is 39.4 Å². The standard InChI is InChI=1S/C17H16ClFN2O5S/c1-21(2)27(24,25)15-8-10(4-7-14(15)19)16(22)20-11-5-6-13(18)12(9-11)17(23)26-3/h4-9H,1-3H3,(H,20,22). The first-order valence-electron chi connectivity index (χ1n) is 7.49. The molecule has 0 aromatic heterocycles. The molecule has 2 rings (SSSR count). The Morgan fingerprint density at radius 3 is 2.41 bits per heavy atom. The summed E-state index contributed by atoms with van der Waals surface area (Å²) >= 11 is 5.91. The molecule has 0 aliphatic rings. The van der Waals surface area contributed by atoms with Gasteiger partial charge >= 0.3 is 5.97 Å². The van der Waals surface area contributed by atoms with E-state index in [1.54, 1.807) is 0 Å². The van der Waals surface area contributed by atoms with Gasteiger partial charge in [-0.15, -0.1) is 0 Å². The van der Waals surface area contributed by atoms with Gasteiger partial charge in [-0.25, -0.2) is 21.9 Å². The van der Waals surface area contributed by atoms with Gasteiger partial charge < -0.3 is 10.1 Å². The molecule has 0 fully saturated rings. The number of esters is 1. The number of halogens is 2. The molecule has 27 heavy (non-hydrogen) atoms. The number of ether oxygens (including phenoxy) is 1. The van der Waals surface area contributed by atoms with Crippen LogP contribution in [0, 0.1) is 5.82 Å². The van der Waals surface area contributed by atoms with Gasteiger partial charge in [0.1, 0.15) is 10.7 Å². The largest absolute Gasteiger partial charge is 0.465 e. The zero-order chi connectivity index (χ0) is 20.4. The van der Waals surface area contributed by atoms with Crippen molar-refractivity contribution in [3.8, 4) is 0 Å². The molecule has 1 N–H and O–H groups in total. The van der Waals surface area contributed by atoms with Crippen LogP contribution in [0.2, 0.25) is 5.02 Å². The predicted octanol–water partition coefficient (Wildman–Crippen LogP) is 2.77. The number of carbonyl (C=O) groups is 2. The highest BCUT2D eigenvalue weighted by Crippen LogP contribution is 2.23. The van der Waals surface area contributed by atoms with Crippen LogP contribution in [0.3, 0.4) is 0 Å². The second kappa shape index (κ2) is 8.03. The van der Waals surface area contributed by atoms with Crippen LogP contribution in [0.15, 0.2) is 41.3 Å². The van der Waals surface area contributed by atoms with E-state index in [4.69, 9.17) is 11.6 Å². The van der Waals surface area contributed by atoms with E-state index in [-0.39, 0.29) is 21.8 Å². The summed E-state index contributed by atoms with van der Waals surface area (Å²) in [6.07, 6.45) is 0. The van der Waals surface area contributed by atoms with Crippen LogP contribution in [0.5, 0.6) is 0 Å². The van der Waals surface area contributed by atoms with Crippen LogP contribution >= 0.6 is 11.6 Å². The molecule has 0 saturated heterocycles. The number of hydrogen-bond acceptors (Lipinski definition) is 5. The number of amides is 1. The number of benzene rings is 2. The lowest BCUT2D eigenvalue weighted by molar-refractivity contribution is 0.0600. The average molecular weight is 415 g/mol. The number of nitrogens with zero attached hydrogens (tertiary/aromatic N) is 1. The van der Waals surface area contributed by atoms with Gasteiger partial charge in [-0.2, -0.15) is 0 Å². The molecule has 0 saturated carbocycles. The quantitative estimate of drug-likeness (QED) is 0.759. The fourth-order valence-corrected chi connectivity index (χ4v) is 3.29. The van der Waals surface area contributed by atoms with Crippen molar-refractivity contribution in [1.29, 1.82) is 0 Å². The highest BCUT2D eigenvalue weighted by atomic mass is 35.5. The van der Waals surface area contributed by atoms with E-state index in [0.29, 0.717) is 0 Å². The number of rotatable bonds is 5. The molecule has 0 radical (unpaired) electrons. The summed E-state index contributed by atoms with van der Waals surface area (Å²) < 4.78 is 43.7. The predicted molar refractivity (Wildman–Crippen MR) is 98.0 cm³/mol. The SMILES string of the molecule is COC(=O)c1cc(NC(=O)c2ccc(F)c(S(=O)(=O)N(C)C)c2)ccc1Cl. The molecular formula is C17H16ClFN2O5S. The van der Waals surface area contributed by atoms with Crippen molar-refractivity contribution in [2.45, 2.75) is 4.90 Å². The molecule has 144 valence electrons. The molecule has 0 spiro atoms. The van der Waals surface area contributed by atoms with E-state index < -0.39 is 32.6 Å². The molecule has 0 unspecified atom stereocenters. The Morgan fingerprint density at radius 2 is 1.81 bits per heavy atom. The van der Waals surface area contributed by atoms with E-state index in [2.05, 4.69) is 10.1 Å². The molecule has 0 bridgehead atoms. The Balaban J connectivity index is 2.36. The first kappa shape index (κ1) is 20.8. The topological polar surface area (TPSA) is 92.8 Å². The highest BCUT2D eigenvalue weighted by Gasteiger charge is 2.23. The van der Waals surface area contributed by atoms with Crippen molar-refractivity contribution in [3.63, 3.8) is 0 Å². The van der Waals surface area contributed by atoms with Crippen molar-refractivity contribution in [2.24, 2.45) is 0 Å². The van der Waals surface area contributed by atoms with Gasteiger partial charge in [-0.3, -0.25) is 4.79 Å². The minimum Gasteiger partial charge on any atom is -0.465 e. The molecule has 0 aliphatic carbocycles. The van der Waals surface area contributed by atoms with Crippen molar-refractivity contribution in [3.05, 3.63) is 58.4 Å². The van der Waals surface area contributed by atoms with E-state index in [1.807, 2.05) is 0 Å². The Labute approximate surface area is 160 Å². The van der Waals surface area contributed by atoms with Crippen LogP contribution < -0.4 is 5.32 Å². The Hall–Kier alpha value is -2.49. The molecule has 1 amide bonds. The highest BCUT2D eigenvalue weighted by molar-refractivity contribution is 7.89. The summed E-state index contributed by atoms with van der Waals surface area (Å²) in [5.74, 6) is -2.35. The maximum absolute atomic E-state index is 13.9. The summed E-state index contributed by atoms with van der Waals surface area (Å²) in [6, 6.07) is 7.15. The molecule has 7 nitrogen and oxygen atoms in total. The van der Waals surface area contributed by atoms with Crippen LogP contribution in [0.25, 0.3) is 0 Å². The maximum atomic E-state index is 13.9. The summed E-state index contributed by atoms with van der Waals surface area (Å²) in [4.78, 5) is 23.5. The smallest absolute Gasteiger partial charge is 0.339 e. The molecule has 2 aromatic carbocycles. The van der Waals surface area contributed by atoms with E-state index in [0.717, 1.165) is 22.5 Å². The second-order valence-electron chi connectivity index (χ2n) is 5.57. The summed E-state index contributed by atoms with van der Waals surface area (Å²) in [6.45, 7) is 0. The number of anilines is 1. The summed E-state index contributed by atoms with van der Waals surface area (Å²) in [5, 5.41) is 2.64. The fourth-order valence-electron chi connectivity index (χ4n) is 2.11. The first-order valence-corrected chi connectivity index (χ1v) is 9.31. The third-order valence-corrected chi connectivity index (χ3v) is 5.74. The molecular weight excluding hydrogens is 399 g/mol. The minimum atomic E-state index is -4.06. The van der Waals surface area contributed by atoms with Crippen LogP contribution in [-0.4, -0.2) is 45.8 Å². The number of carbonyl (C=O) groups excluding carboxylic acids is 2. The van der Waals surface area contributed by atoms with Crippen LogP contribution in [0.1, 0.15) is 20.7 Å². The Kier molecular flexibility index (Phi) is 6.19. The number of sulfonamides is 1. The summed E-state index contributed by atoms with van der Waals surface area (Å²) in [7, 11) is -0.367. The first-order chi connectivity index (χ1) is 12.6. The summed E-state index contributed by atoms with van der Waals surface area (Å²) in [5.41, 5.74) is 0.199. The van der Waals surface area contributed by atoms with Gasteiger partial charge in [0.15, 0.2) is 0 Å². The zero-order valence-electron chi connectivity index (χ0n) is 14.6. The molecule has 0 heterocycles. The Morgan fingerprint density at radius 1 is 1.15 bits per heavy atom.